The zero-order chi connectivity index (χ0) is 29.8. The van der Waals surface area contributed by atoms with Gasteiger partial charge in [0.1, 0.15) is 11.5 Å². The summed E-state index contributed by atoms with van der Waals surface area (Å²) >= 11 is 0. The second kappa shape index (κ2) is 19.7. The molecule has 0 aliphatic rings. The van der Waals surface area contributed by atoms with E-state index in [4.69, 9.17) is 18.6 Å². The highest BCUT2D eigenvalue weighted by atomic mass is 16.6. The van der Waals surface area contributed by atoms with Crippen molar-refractivity contribution in [3.8, 4) is 29.0 Å². The first kappa shape index (κ1) is 33.2. The van der Waals surface area contributed by atoms with Crippen LogP contribution in [-0.2, 0) is 0 Å². The van der Waals surface area contributed by atoms with Crippen LogP contribution in [0.4, 0.5) is 0 Å². The van der Waals surface area contributed by atoms with E-state index < -0.39 is 5.97 Å². The fraction of sp³-hybridized carbons (Fsp3) is 0.571. The summed E-state index contributed by atoms with van der Waals surface area (Å²) in [5.41, 5.74) is 1.10. The van der Waals surface area contributed by atoms with Gasteiger partial charge >= 0.3 is 12.0 Å². The van der Waals surface area contributed by atoms with Crippen LogP contribution in [0.25, 0.3) is 11.5 Å². The molecule has 230 valence electrons. The molecule has 0 amide bonds. The van der Waals surface area contributed by atoms with Crippen molar-refractivity contribution in [1.29, 1.82) is 0 Å². The molecule has 0 unspecified atom stereocenters. The Bertz CT molecular complexity index is 1130. The van der Waals surface area contributed by atoms with Gasteiger partial charge in [-0.3, -0.25) is 0 Å². The second-order valence-corrected chi connectivity index (χ2v) is 11.1. The van der Waals surface area contributed by atoms with E-state index in [1.54, 1.807) is 24.3 Å². The summed E-state index contributed by atoms with van der Waals surface area (Å²) in [5, 5.41) is 7.90. The van der Waals surface area contributed by atoms with E-state index in [0.29, 0.717) is 12.2 Å². The maximum Gasteiger partial charge on any atom is 0.423 e. The quantitative estimate of drug-likeness (QED) is 0.0866. The van der Waals surface area contributed by atoms with Gasteiger partial charge in [0.15, 0.2) is 0 Å². The molecule has 0 saturated carbocycles. The predicted molar refractivity (Wildman–Crippen MR) is 167 cm³/mol. The van der Waals surface area contributed by atoms with Gasteiger partial charge in [-0.2, -0.15) is 0 Å². The summed E-state index contributed by atoms with van der Waals surface area (Å²) in [5.74, 6) is 1.24. The SMILES string of the molecule is CCCCCCCCCCCCOc1ccc(-c2nnc(OC(=O)c3ccc(O[C@@H](C)CCCCCC)cc3)o2)cc1. The van der Waals surface area contributed by atoms with Gasteiger partial charge in [-0.25, -0.2) is 4.79 Å². The Morgan fingerprint density at radius 3 is 1.93 bits per heavy atom. The Morgan fingerprint density at radius 2 is 1.29 bits per heavy atom. The molecule has 7 nitrogen and oxygen atoms in total. The molecule has 0 aliphatic heterocycles. The van der Waals surface area contributed by atoms with Crippen LogP contribution in [-0.4, -0.2) is 28.9 Å². The standard InChI is InChI=1S/C35H50N2O5/c1-4-6-8-10-11-12-13-14-15-17-27-39-31-23-19-29(20-24-31)33-36-37-35(41-33)42-34(38)30-21-25-32(26-22-30)40-28(3)18-16-9-7-5-2/h19-26,28H,4-18,27H2,1-3H3/t28-/m0/s1. The minimum Gasteiger partial charge on any atom is -0.494 e. The normalized spacial score (nSPS) is 11.8. The van der Waals surface area contributed by atoms with E-state index in [-0.39, 0.29) is 18.1 Å². The summed E-state index contributed by atoms with van der Waals surface area (Å²) < 4.78 is 22.7. The lowest BCUT2D eigenvalue weighted by atomic mass is 10.1. The Hall–Kier alpha value is -3.35. The van der Waals surface area contributed by atoms with Crippen molar-refractivity contribution in [3.63, 3.8) is 0 Å². The Labute approximate surface area is 252 Å². The topological polar surface area (TPSA) is 83.7 Å². The Kier molecular flexibility index (Phi) is 15.6. The molecule has 1 aromatic heterocycles. The number of hydrogen-bond acceptors (Lipinski definition) is 7. The average Bonchev–Trinajstić information content (AvgIpc) is 3.47. The van der Waals surface area contributed by atoms with Gasteiger partial charge in [0, 0.05) is 5.56 Å². The molecule has 3 aromatic rings. The summed E-state index contributed by atoms with van der Waals surface area (Å²) in [6.45, 7) is 7.25. The molecule has 7 heteroatoms. The molecule has 2 aromatic carbocycles. The minimum atomic E-state index is -0.569. The molecule has 1 heterocycles. The van der Waals surface area contributed by atoms with Crippen molar-refractivity contribution in [2.45, 2.75) is 123 Å². The van der Waals surface area contributed by atoms with Crippen LogP contribution in [0.2, 0.25) is 0 Å². The van der Waals surface area contributed by atoms with Crippen LogP contribution >= 0.6 is 0 Å². The van der Waals surface area contributed by atoms with Crippen LogP contribution < -0.4 is 14.2 Å². The van der Waals surface area contributed by atoms with Gasteiger partial charge in [0.25, 0.3) is 5.89 Å². The minimum absolute atomic E-state index is 0.127. The maximum absolute atomic E-state index is 12.6. The number of carbonyl (C=O) groups is 1. The highest BCUT2D eigenvalue weighted by Crippen LogP contribution is 2.25. The summed E-state index contributed by atoms with van der Waals surface area (Å²) in [4.78, 5) is 12.6. The molecule has 0 spiro atoms. The summed E-state index contributed by atoms with van der Waals surface area (Å²) in [7, 11) is 0. The molecule has 0 saturated heterocycles. The van der Waals surface area contributed by atoms with Crippen molar-refractivity contribution in [1.82, 2.24) is 10.2 Å². The summed E-state index contributed by atoms with van der Waals surface area (Å²) in [6.07, 6.45) is 18.8. The van der Waals surface area contributed by atoms with Gasteiger partial charge < -0.3 is 18.6 Å². The number of nitrogens with zero attached hydrogens (tertiary/aromatic N) is 2. The van der Waals surface area contributed by atoms with Gasteiger partial charge in [-0.05, 0) is 74.7 Å². The third-order valence-corrected chi connectivity index (χ3v) is 7.35. The van der Waals surface area contributed by atoms with E-state index in [0.717, 1.165) is 36.3 Å². The van der Waals surface area contributed by atoms with Crippen molar-refractivity contribution in [2.24, 2.45) is 0 Å². The third-order valence-electron chi connectivity index (χ3n) is 7.35. The predicted octanol–water partition coefficient (Wildman–Crippen LogP) is 9.99. The van der Waals surface area contributed by atoms with E-state index in [1.807, 2.05) is 24.3 Å². The van der Waals surface area contributed by atoms with E-state index in [1.165, 1.54) is 77.0 Å². The lowest BCUT2D eigenvalue weighted by Gasteiger charge is -2.14. The van der Waals surface area contributed by atoms with E-state index in [2.05, 4.69) is 31.0 Å². The number of benzene rings is 2. The largest absolute Gasteiger partial charge is 0.494 e. The highest BCUT2D eigenvalue weighted by Gasteiger charge is 2.16. The van der Waals surface area contributed by atoms with Gasteiger partial charge in [0.05, 0.1) is 18.3 Å². The van der Waals surface area contributed by atoms with Gasteiger partial charge in [0.2, 0.25) is 0 Å². The van der Waals surface area contributed by atoms with Crippen LogP contribution in [0, 0.1) is 0 Å². The molecule has 0 aliphatic carbocycles. The van der Waals surface area contributed by atoms with E-state index in [9.17, 15) is 4.79 Å². The zero-order valence-electron chi connectivity index (χ0n) is 25.9. The number of aromatic nitrogens is 2. The van der Waals surface area contributed by atoms with Crippen LogP contribution in [0.5, 0.6) is 17.6 Å². The molecular weight excluding hydrogens is 528 g/mol. The van der Waals surface area contributed by atoms with Gasteiger partial charge in [-0.1, -0.05) is 96.0 Å². The molecule has 0 bridgehead atoms. The van der Waals surface area contributed by atoms with Gasteiger partial charge in [-0.15, -0.1) is 5.10 Å². The molecule has 42 heavy (non-hydrogen) atoms. The first-order valence-corrected chi connectivity index (χ1v) is 16.1. The molecule has 3 rings (SSSR count). The number of carbonyl (C=O) groups excluding carboxylic acids is 1. The Morgan fingerprint density at radius 1 is 0.714 bits per heavy atom. The van der Waals surface area contributed by atoms with E-state index >= 15 is 0 Å². The van der Waals surface area contributed by atoms with Crippen molar-refractivity contribution >= 4 is 5.97 Å². The van der Waals surface area contributed by atoms with Crippen LogP contribution in [0.15, 0.2) is 52.9 Å². The van der Waals surface area contributed by atoms with Crippen LogP contribution in [0.1, 0.15) is 127 Å². The molecule has 0 fully saturated rings. The van der Waals surface area contributed by atoms with Crippen LogP contribution in [0.3, 0.4) is 0 Å². The van der Waals surface area contributed by atoms with Crippen molar-refractivity contribution in [2.75, 3.05) is 6.61 Å². The van der Waals surface area contributed by atoms with Crippen molar-refractivity contribution in [3.05, 3.63) is 54.1 Å². The fourth-order valence-corrected chi connectivity index (χ4v) is 4.80. The number of esters is 1. The average molecular weight is 579 g/mol. The number of rotatable bonds is 22. The fourth-order valence-electron chi connectivity index (χ4n) is 4.80. The third kappa shape index (κ3) is 12.7. The summed E-state index contributed by atoms with van der Waals surface area (Å²) in [6, 6.07) is 14.4. The number of unbranched alkanes of at least 4 members (excludes halogenated alkanes) is 12. The number of ether oxygens (including phenoxy) is 3. The number of hydrogen-bond donors (Lipinski definition) is 0. The molecule has 0 radical (unpaired) electrons. The molecular formula is C35H50N2O5. The lowest BCUT2D eigenvalue weighted by Crippen LogP contribution is -2.12. The first-order valence-electron chi connectivity index (χ1n) is 16.1. The smallest absolute Gasteiger partial charge is 0.423 e. The molecule has 0 N–H and O–H groups in total. The maximum atomic E-state index is 12.6. The Balaban J connectivity index is 1.35. The van der Waals surface area contributed by atoms with Crippen molar-refractivity contribution < 1.29 is 23.4 Å². The second-order valence-electron chi connectivity index (χ2n) is 11.1. The highest BCUT2D eigenvalue weighted by molar-refractivity contribution is 5.90. The zero-order valence-corrected chi connectivity index (χ0v) is 25.9. The first-order chi connectivity index (χ1) is 20.6. The molecule has 1 atom stereocenters. The monoisotopic (exact) mass is 578 g/mol. The lowest BCUT2D eigenvalue weighted by molar-refractivity contribution is 0.0684.